The van der Waals surface area contributed by atoms with E-state index in [1.165, 1.54) is 17.6 Å². The van der Waals surface area contributed by atoms with Gasteiger partial charge in [0.05, 0.1) is 0 Å². The van der Waals surface area contributed by atoms with Crippen molar-refractivity contribution in [3.05, 3.63) is 89.0 Å². The third kappa shape index (κ3) is 4.62. The molecule has 2 aliphatic rings. The summed E-state index contributed by atoms with van der Waals surface area (Å²) in [6.07, 6.45) is 4.33. The lowest BCUT2D eigenvalue weighted by molar-refractivity contribution is 0.200. The molecule has 0 saturated carbocycles. The van der Waals surface area contributed by atoms with Crippen molar-refractivity contribution in [2.45, 2.75) is 38.7 Å². The minimum atomic E-state index is 0.251. The fourth-order valence-corrected chi connectivity index (χ4v) is 5.15. The van der Waals surface area contributed by atoms with Crippen molar-refractivity contribution >= 4 is 11.1 Å². The molecule has 0 spiro atoms. The lowest BCUT2D eigenvalue weighted by Gasteiger charge is -2.25. The fourth-order valence-electron chi connectivity index (χ4n) is 5.15. The first-order chi connectivity index (χ1) is 16.1. The lowest BCUT2D eigenvalue weighted by atomic mass is 9.79. The molecule has 1 saturated heterocycles. The minimum absolute atomic E-state index is 0.251. The van der Waals surface area contributed by atoms with Gasteiger partial charge in [0.1, 0.15) is 23.4 Å². The van der Waals surface area contributed by atoms with Crippen LogP contribution in [0, 0.1) is 0 Å². The largest absolute Gasteiger partial charge is 0.508 e. The predicted octanol–water partition coefficient (Wildman–Crippen LogP) is 5.87. The van der Waals surface area contributed by atoms with Crippen LogP contribution in [0.4, 0.5) is 0 Å². The molecule has 170 valence electrons. The number of likely N-dealkylation sites (tertiary alicyclic amines) is 1. The summed E-state index contributed by atoms with van der Waals surface area (Å²) in [5.41, 5.74) is 6.89. The molecule has 4 heteroatoms. The van der Waals surface area contributed by atoms with E-state index in [2.05, 4.69) is 36.1 Å². The van der Waals surface area contributed by atoms with Crippen LogP contribution < -0.4 is 4.74 Å². The number of aromatic hydroxyl groups is 2. The van der Waals surface area contributed by atoms with Crippen molar-refractivity contribution in [2.24, 2.45) is 0 Å². The van der Waals surface area contributed by atoms with Crippen LogP contribution in [0.25, 0.3) is 11.1 Å². The van der Waals surface area contributed by atoms with Gasteiger partial charge in [-0.2, -0.15) is 0 Å². The van der Waals surface area contributed by atoms with Gasteiger partial charge in [0, 0.05) is 13.1 Å². The number of fused-ring (bicyclic) bond motifs is 1. The molecular weight excluding hydrogens is 410 g/mol. The van der Waals surface area contributed by atoms with Gasteiger partial charge in [-0.15, -0.1) is 0 Å². The highest BCUT2D eigenvalue weighted by Crippen LogP contribution is 2.42. The first-order valence-electron chi connectivity index (χ1n) is 11.9. The third-order valence-corrected chi connectivity index (χ3v) is 6.74. The molecular formula is C29H31NO3. The van der Waals surface area contributed by atoms with Gasteiger partial charge in [-0.3, -0.25) is 4.90 Å². The maximum Gasteiger partial charge on any atom is 0.119 e. The van der Waals surface area contributed by atoms with Crippen molar-refractivity contribution < 1.29 is 14.9 Å². The Balaban J connectivity index is 1.48. The molecule has 0 bridgehead atoms. The highest BCUT2D eigenvalue weighted by Gasteiger charge is 2.24. The monoisotopic (exact) mass is 441 g/mol. The Morgan fingerprint density at radius 2 is 1.61 bits per heavy atom. The molecule has 1 aliphatic carbocycles. The normalized spacial score (nSPS) is 18.4. The van der Waals surface area contributed by atoms with Gasteiger partial charge in [-0.05, 0) is 102 Å². The number of hydrogen-bond acceptors (Lipinski definition) is 4. The molecule has 3 aromatic carbocycles. The number of phenols is 2. The summed E-state index contributed by atoms with van der Waals surface area (Å²) < 4.78 is 6.28. The number of aryl methyl sites for hydroxylation is 1. The van der Waals surface area contributed by atoms with E-state index in [-0.39, 0.29) is 17.6 Å². The number of allylic oxidation sites excluding steroid dienone is 1. The van der Waals surface area contributed by atoms with Crippen LogP contribution in [0.5, 0.6) is 17.2 Å². The molecule has 1 atom stereocenters. The van der Waals surface area contributed by atoms with E-state index in [9.17, 15) is 10.2 Å². The Morgan fingerprint density at radius 1 is 0.879 bits per heavy atom. The smallest absolute Gasteiger partial charge is 0.119 e. The second kappa shape index (κ2) is 9.32. The quantitative estimate of drug-likeness (QED) is 0.503. The molecule has 3 aromatic rings. The molecule has 0 unspecified atom stereocenters. The maximum absolute atomic E-state index is 10.2. The molecule has 5 rings (SSSR count). The number of phenolic OH excluding ortho intramolecular Hbond substituents is 2. The van der Waals surface area contributed by atoms with Crippen LogP contribution >= 0.6 is 0 Å². The number of rotatable bonds is 6. The number of benzene rings is 3. The summed E-state index contributed by atoms with van der Waals surface area (Å²) in [6, 6.07) is 21.5. The molecule has 1 aliphatic heterocycles. The van der Waals surface area contributed by atoms with Crippen molar-refractivity contribution in [2.75, 3.05) is 19.6 Å². The van der Waals surface area contributed by atoms with Gasteiger partial charge in [0.2, 0.25) is 0 Å². The fraction of sp³-hybridized carbons (Fsp3) is 0.310. The van der Waals surface area contributed by atoms with E-state index >= 15 is 0 Å². The Kier molecular flexibility index (Phi) is 6.10. The second-order valence-electron chi connectivity index (χ2n) is 9.10. The van der Waals surface area contributed by atoms with Gasteiger partial charge < -0.3 is 14.9 Å². The highest BCUT2D eigenvalue weighted by atomic mass is 16.5. The predicted molar refractivity (Wildman–Crippen MR) is 133 cm³/mol. The first-order valence-corrected chi connectivity index (χ1v) is 11.9. The first kappa shape index (κ1) is 21.6. The van der Waals surface area contributed by atoms with Crippen molar-refractivity contribution in [1.29, 1.82) is 0 Å². The third-order valence-electron chi connectivity index (χ3n) is 6.74. The van der Waals surface area contributed by atoms with Gasteiger partial charge in [0.25, 0.3) is 0 Å². The Hall–Kier alpha value is -3.24. The van der Waals surface area contributed by atoms with Gasteiger partial charge in [-0.1, -0.05) is 37.3 Å². The Morgan fingerprint density at radius 3 is 2.36 bits per heavy atom. The van der Waals surface area contributed by atoms with Crippen molar-refractivity contribution in [1.82, 2.24) is 4.90 Å². The molecule has 1 fully saturated rings. The summed E-state index contributed by atoms with van der Waals surface area (Å²) in [5.74, 6) is 1.44. The minimum Gasteiger partial charge on any atom is -0.508 e. The Bertz CT molecular complexity index is 1150. The van der Waals surface area contributed by atoms with E-state index in [1.807, 2.05) is 24.3 Å². The van der Waals surface area contributed by atoms with Crippen LogP contribution in [0.2, 0.25) is 0 Å². The average molecular weight is 442 g/mol. The zero-order valence-corrected chi connectivity index (χ0v) is 19.1. The zero-order valence-electron chi connectivity index (χ0n) is 19.1. The summed E-state index contributed by atoms with van der Waals surface area (Å²) in [4.78, 5) is 2.47. The average Bonchev–Trinajstić information content (AvgIpc) is 3.26. The van der Waals surface area contributed by atoms with Crippen molar-refractivity contribution in [3.8, 4) is 17.2 Å². The van der Waals surface area contributed by atoms with Gasteiger partial charge in [0.15, 0.2) is 0 Å². The molecule has 4 nitrogen and oxygen atoms in total. The molecule has 0 amide bonds. The van der Waals surface area contributed by atoms with Crippen LogP contribution in [0.1, 0.15) is 48.4 Å². The summed E-state index contributed by atoms with van der Waals surface area (Å²) >= 11 is 0. The van der Waals surface area contributed by atoms with E-state index in [1.54, 1.807) is 18.2 Å². The summed E-state index contributed by atoms with van der Waals surface area (Å²) in [5, 5.41) is 20.0. The molecule has 33 heavy (non-hydrogen) atoms. The Labute approximate surface area is 195 Å². The highest BCUT2D eigenvalue weighted by molar-refractivity contribution is 6.01. The van der Waals surface area contributed by atoms with E-state index in [0.29, 0.717) is 0 Å². The SMILES string of the molecule is CCCN1CC[C@@H](Oc2ccc(C3=C(c4ccc(O)cc4)CCc4ccc(O)cc43)cc2)C1. The summed E-state index contributed by atoms with van der Waals surface area (Å²) in [7, 11) is 0. The molecule has 0 aromatic heterocycles. The molecule has 0 radical (unpaired) electrons. The maximum atomic E-state index is 10.2. The zero-order chi connectivity index (χ0) is 22.8. The van der Waals surface area contributed by atoms with Crippen LogP contribution in [-0.2, 0) is 6.42 Å². The van der Waals surface area contributed by atoms with Gasteiger partial charge in [-0.25, -0.2) is 0 Å². The van der Waals surface area contributed by atoms with Crippen LogP contribution in [-0.4, -0.2) is 40.9 Å². The summed E-state index contributed by atoms with van der Waals surface area (Å²) in [6.45, 7) is 5.47. The van der Waals surface area contributed by atoms with E-state index < -0.39 is 0 Å². The second-order valence-corrected chi connectivity index (χ2v) is 9.10. The number of nitrogens with zero attached hydrogens (tertiary/aromatic N) is 1. The van der Waals surface area contributed by atoms with E-state index in [0.717, 1.165) is 66.9 Å². The van der Waals surface area contributed by atoms with Crippen LogP contribution in [0.15, 0.2) is 66.7 Å². The number of hydrogen-bond donors (Lipinski definition) is 2. The molecule has 2 N–H and O–H groups in total. The standard InChI is InChI=1S/C29H31NO3/c1-2-16-30-17-15-26(19-30)33-25-12-6-22(7-13-25)29-27(20-3-9-23(31)10-4-20)14-8-21-5-11-24(32)18-28(21)29/h3-7,9-13,18,26,31-32H,2,8,14-17,19H2,1H3/t26-/m1/s1. The topological polar surface area (TPSA) is 52.9 Å². The number of ether oxygens (including phenoxy) is 1. The molecule has 1 heterocycles. The van der Waals surface area contributed by atoms with E-state index in [4.69, 9.17) is 4.74 Å². The van der Waals surface area contributed by atoms with Crippen molar-refractivity contribution in [3.63, 3.8) is 0 Å². The van der Waals surface area contributed by atoms with Crippen LogP contribution in [0.3, 0.4) is 0 Å². The van der Waals surface area contributed by atoms with Gasteiger partial charge >= 0.3 is 0 Å². The lowest BCUT2D eigenvalue weighted by Crippen LogP contribution is -2.25.